The molecule has 1 atom stereocenters. The van der Waals surface area contributed by atoms with E-state index in [4.69, 9.17) is 4.74 Å². The summed E-state index contributed by atoms with van der Waals surface area (Å²) in [6, 6.07) is 17.9. The highest BCUT2D eigenvalue weighted by Crippen LogP contribution is 2.34. The molecule has 0 saturated carbocycles. The van der Waals surface area contributed by atoms with Gasteiger partial charge in [0.1, 0.15) is 0 Å². The summed E-state index contributed by atoms with van der Waals surface area (Å²) in [5, 5.41) is 4.51. The standard InChI is InChI=1S/C23H26N4O2/c1-17-14-25(2)20-11-7-8-12-21(20)26(15-17)23(28)19-13-24-27(22(19)16-29-3)18-9-5-4-6-10-18/h4-13,17H,14-16H2,1-3H3/t17-/m0/s1. The first-order valence-electron chi connectivity index (χ1n) is 9.83. The summed E-state index contributed by atoms with van der Waals surface area (Å²) in [5.74, 6) is 0.292. The van der Waals surface area contributed by atoms with Crippen LogP contribution in [0.5, 0.6) is 0 Å². The van der Waals surface area contributed by atoms with Crippen molar-refractivity contribution in [3.8, 4) is 5.69 Å². The average molecular weight is 390 g/mol. The Bertz CT molecular complexity index is 999. The minimum absolute atomic E-state index is 0.0474. The third-order valence-electron chi connectivity index (χ3n) is 5.29. The normalized spacial score (nSPS) is 16.4. The molecule has 2 aromatic carbocycles. The Balaban J connectivity index is 1.78. The average Bonchev–Trinajstić information content (AvgIpc) is 3.10. The first-order chi connectivity index (χ1) is 14.1. The van der Waals surface area contributed by atoms with Gasteiger partial charge in [0, 0.05) is 27.2 Å². The molecule has 0 spiro atoms. The Hall–Kier alpha value is -3.12. The summed E-state index contributed by atoms with van der Waals surface area (Å²) in [6.07, 6.45) is 1.66. The molecule has 150 valence electrons. The fourth-order valence-corrected chi connectivity index (χ4v) is 4.01. The van der Waals surface area contributed by atoms with Crippen LogP contribution in [0.25, 0.3) is 5.69 Å². The van der Waals surface area contributed by atoms with E-state index in [-0.39, 0.29) is 5.91 Å². The maximum atomic E-state index is 13.7. The number of rotatable bonds is 4. The molecule has 0 unspecified atom stereocenters. The van der Waals surface area contributed by atoms with Gasteiger partial charge in [0.25, 0.3) is 5.91 Å². The van der Waals surface area contributed by atoms with Crippen molar-refractivity contribution in [3.05, 3.63) is 72.1 Å². The molecule has 1 amide bonds. The summed E-state index contributed by atoms with van der Waals surface area (Å²) >= 11 is 0. The molecule has 0 N–H and O–H groups in total. The third kappa shape index (κ3) is 3.63. The van der Waals surface area contributed by atoms with Crippen LogP contribution in [0.1, 0.15) is 23.0 Å². The van der Waals surface area contributed by atoms with Crippen LogP contribution in [0.2, 0.25) is 0 Å². The molecule has 1 aliphatic rings. The first-order valence-corrected chi connectivity index (χ1v) is 9.83. The number of para-hydroxylation sites is 3. The minimum Gasteiger partial charge on any atom is -0.378 e. The zero-order valence-electron chi connectivity index (χ0n) is 17.1. The van der Waals surface area contributed by atoms with Crippen molar-refractivity contribution < 1.29 is 9.53 Å². The summed E-state index contributed by atoms with van der Waals surface area (Å²) < 4.78 is 7.21. The van der Waals surface area contributed by atoms with Crippen molar-refractivity contribution in [3.63, 3.8) is 0 Å². The number of hydrogen-bond donors (Lipinski definition) is 0. The van der Waals surface area contributed by atoms with Gasteiger partial charge in [0.2, 0.25) is 0 Å². The van der Waals surface area contributed by atoms with Gasteiger partial charge >= 0.3 is 0 Å². The number of aromatic nitrogens is 2. The second kappa shape index (κ2) is 8.09. The summed E-state index contributed by atoms with van der Waals surface area (Å²) in [6.45, 7) is 4.03. The smallest absolute Gasteiger partial charge is 0.261 e. The molecule has 0 fully saturated rings. The number of carbonyl (C=O) groups excluding carboxylic acids is 1. The second-order valence-electron chi connectivity index (χ2n) is 7.58. The van der Waals surface area contributed by atoms with Gasteiger partial charge in [-0.15, -0.1) is 0 Å². The Kier molecular flexibility index (Phi) is 5.36. The molecular formula is C23H26N4O2. The van der Waals surface area contributed by atoms with Crippen LogP contribution in [0.3, 0.4) is 0 Å². The van der Waals surface area contributed by atoms with Gasteiger partial charge in [-0.1, -0.05) is 37.3 Å². The van der Waals surface area contributed by atoms with E-state index in [1.54, 1.807) is 18.0 Å². The molecule has 6 nitrogen and oxygen atoms in total. The van der Waals surface area contributed by atoms with E-state index in [9.17, 15) is 4.79 Å². The topological polar surface area (TPSA) is 50.6 Å². The zero-order valence-corrected chi connectivity index (χ0v) is 17.1. The molecule has 1 aromatic heterocycles. The Morgan fingerprint density at radius 3 is 2.48 bits per heavy atom. The van der Waals surface area contributed by atoms with Crippen LogP contribution in [0.4, 0.5) is 11.4 Å². The highest BCUT2D eigenvalue weighted by atomic mass is 16.5. The van der Waals surface area contributed by atoms with E-state index >= 15 is 0 Å². The van der Waals surface area contributed by atoms with E-state index in [0.29, 0.717) is 24.6 Å². The molecule has 1 aliphatic heterocycles. The van der Waals surface area contributed by atoms with Crippen LogP contribution in [-0.2, 0) is 11.3 Å². The van der Waals surface area contributed by atoms with E-state index in [1.807, 2.05) is 53.4 Å². The molecule has 0 saturated heterocycles. The lowest BCUT2D eigenvalue weighted by Crippen LogP contribution is -2.35. The van der Waals surface area contributed by atoms with Crippen LogP contribution in [0, 0.1) is 5.92 Å². The number of benzene rings is 2. The molecule has 4 rings (SSSR count). The van der Waals surface area contributed by atoms with E-state index in [1.165, 1.54) is 0 Å². The van der Waals surface area contributed by atoms with Crippen molar-refractivity contribution in [2.75, 3.05) is 37.0 Å². The monoisotopic (exact) mass is 390 g/mol. The van der Waals surface area contributed by atoms with Crippen LogP contribution < -0.4 is 9.80 Å². The molecule has 6 heteroatoms. The number of ether oxygens (including phenoxy) is 1. The van der Waals surface area contributed by atoms with Gasteiger partial charge in [-0.25, -0.2) is 4.68 Å². The van der Waals surface area contributed by atoms with Crippen LogP contribution in [0.15, 0.2) is 60.8 Å². The van der Waals surface area contributed by atoms with Gasteiger partial charge in [-0.05, 0) is 30.2 Å². The Morgan fingerprint density at radius 1 is 1.07 bits per heavy atom. The molecule has 3 aromatic rings. The quantitative estimate of drug-likeness (QED) is 0.681. The number of nitrogens with zero attached hydrogens (tertiary/aromatic N) is 4. The van der Waals surface area contributed by atoms with Crippen molar-refractivity contribution >= 4 is 17.3 Å². The van der Waals surface area contributed by atoms with Crippen molar-refractivity contribution in [2.45, 2.75) is 13.5 Å². The highest BCUT2D eigenvalue weighted by Gasteiger charge is 2.30. The molecule has 2 heterocycles. The lowest BCUT2D eigenvalue weighted by atomic mass is 10.1. The molecular weight excluding hydrogens is 364 g/mol. The second-order valence-corrected chi connectivity index (χ2v) is 7.58. The van der Waals surface area contributed by atoms with E-state index in [0.717, 1.165) is 29.3 Å². The molecule has 0 radical (unpaired) electrons. The lowest BCUT2D eigenvalue weighted by Gasteiger charge is -2.24. The maximum absolute atomic E-state index is 13.7. The number of carbonyl (C=O) groups is 1. The lowest BCUT2D eigenvalue weighted by molar-refractivity contribution is 0.0979. The number of methoxy groups -OCH3 is 1. The number of anilines is 2. The number of hydrogen-bond acceptors (Lipinski definition) is 4. The Morgan fingerprint density at radius 2 is 1.76 bits per heavy atom. The molecule has 0 aliphatic carbocycles. The predicted octanol–water partition coefficient (Wildman–Crippen LogP) is 3.75. The van der Waals surface area contributed by atoms with Gasteiger partial charge in [-0.3, -0.25) is 4.79 Å². The predicted molar refractivity (Wildman–Crippen MR) is 115 cm³/mol. The van der Waals surface area contributed by atoms with Crippen LogP contribution in [-0.4, -0.2) is 42.9 Å². The summed E-state index contributed by atoms with van der Waals surface area (Å²) in [4.78, 5) is 17.8. The van der Waals surface area contributed by atoms with E-state index < -0.39 is 0 Å². The summed E-state index contributed by atoms with van der Waals surface area (Å²) in [7, 11) is 3.71. The number of fused-ring (bicyclic) bond motifs is 1. The molecule has 0 bridgehead atoms. The van der Waals surface area contributed by atoms with Gasteiger partial charge in [0.05, 0.1) is 41.1 Å². The van der Waals surface area contributed by atoms with Gasteiger partial charge < -0.3 is 14.5 Å². The maximum Gasteiger partial charge on any atom is 0.261 e. The van der Waals surface area contributed by atoms with Crippen molar-refractivity contribution in [1.29, 1.82) is 0 Å². The first kappa shape index (κ1) is 19.2. The van der Waals surface area contributed by atoms with Gasteiger partial charge in [0.15, 0.2) is 0 Å². The van der Waals surface area contributed by atoms with Crippen molar-refractivity contribution in [2.24, 2.45) is 5.92 Å². The van der Waals surface area contributed by atoms with Gasteiger partial charge in [-0.2, -0.15) is 5.10 Å². The fourth-order valence-electron chi connectivity index (χ4n) is 4.01. The Labute approximate surface area is 171 Å². The highest BCUT2D eigenvalue weighted by molar-refractivity contribution is 6.08. The van der Waals surface area contributed by atoms with E-state index in [2.05, 4.69) is 30.0 Å². The fraction of sp³-hybridized carbons (Fsp3) is 0.304. The largest absolute Gasteiger partial charge is 0.378 e. The van der Waals surface area contributed by atoms with Crippen LogP contribution >= 0.6 is 0 Å². The third-order valence-corrected chi connectivity index (χ3v) is 5.29. The van der Waals surface area contributed by atoms with Crippen molar-refractivity contribution in [1.82, 2.24) is 9.78 Å². The summed E-state index contributed by atoms with van der Waals surface area (Å²) in [5.41, 5.74) is 4.23. The number of amides is 1. The zero-order chi connectivity index (χ0) is 20.4. The minimum atomic E-state index is -0.0474. The molecule has 29 heavy (non-hydrogen) atoms. The SMILES string of the molecule is COCc1c(C(=O)N2C[C@@H](C)CN(C)c3ccccc32)cnn1-c1ccccc1.